The number of anilines is 1. The summed E-state index contributed by atoms with van der Waals surface area (Å²) in [4.78, 5) is 27.0. The Labute approximate surface area is 187 Å². The molecule has 0 radical (unpaired) electrons. The van der Waals surface area contributed by atoms with Crippen molar-refractivity contribution in [2.45, 2.75) is 4.90 Å². The normalized spacial score (nSPS) is 11.1. The maximum atomic E-state index is 13.1. The second-order valence-corrected chi connectivity index (χ2v) is 9.00. The van der Waals surface area contributed by atoms with Gasteiger partial charge in [-0.3, -0.25) is 14.2 Å². The molecule has 0 unspecified atom stereocenters. The van der Waals surface area contributed by atoms with E-state index >= 15 is 0 Å². The lowest BCUT2D eigenvalue weighted by atomic mass is 10.2. The zero-order chi connectivity index (χ0) is 21.2. The van der Waals surface area contributed by atoms with E-state index < -0.39 is 0 Å². The SMILES string of the molecule is O=C(Nc1ccc(SCC(=O)n2c3ccccc3c3ccccc32)cc1)c1cccs1. The summed E-state index contributed by atoms with van der Waals surface area (Å²) in [5.74, 6) is 0.248. The van der Waals surface area contributed by atoms with E-state index in [4.69, 9.17) is 0 Å². The molecule has 5 rings (SSSR count). The molecule has 0 spiro atoms. The highest BCUT2D eigenvalue weighted by Crippen LogP contribution is 2.30. The van der Waals surface area contributed by atoms with E-state index in [2.05, 4.69) is 17.4 Å². The summed E-state index contributed by atoms with van der Waals surface area (Å²) in [5, 5.41) is 6.94. The quantitative estimate of drug-likeness (QED) is 0.314. The fraction of sp³-hybridized carbons (Fsp3) is 0.0400. The molecule has 4 nitrogen and oxygen atoms in total. The zero-order valence-electron chi connectivity index (χ0n) is 16.4. The molecule has 2 heterocycles. The Morgan fingerprint density at radius 2 is 1.45 bits per heavy atom. The van der Waals surface area contributed by atoms with Crippen LogP contribution >= 0.6 is 23.1 Å². The minimum Gasteiger partial charge on any atom is -0.321 e. The van der Waals surface area contributed by atoms with Crippen LogP contribution in [-0.2, 0) is 0 Å². The van der Waals surface area contributed by atoms with Gasteiger partial charge in [0.1, 0.15) is 0 Å². The van der Waals surface area contributed by atoms with Gasteiger partial charge in [-0.1, -0.05) is 42.5 Å². The molecular formula is C25H18N2O2S2. The standard InChI is InChI=1S/C25H18N2O2S2/c28-24(27-21-8-3-1-6-19(21)20-7-2-4-9-22(20)27)16-31-18-13-11-17(12-14-18)26-25(29)23-10-5-15-30-23/h1-15H,16H2,(H,26,29). The van der Waals surface area contributed by atoms with E-state index in [1.165, 1.54) is 23.1 Å². The van der Waals surface area contributed by atoms with Crippen LogP contribution in [0.4, 0.5) is 5.69 Å². The lowest BCUT2D eigenvalue weighted by Gasteiger charge is -2.07. The smallest absolute Gasteiger partial charge is 0.265 e. The monoisotopic (exact) mass is 442 g/mol. The van der Waals surface area contributed by atoms with Crippen molar-refractivity contribution >= 4 is 62.4 Å². The minimum absolute atomic E-state index is 0.0393. The first-order valence-corrected chi connectivity index (χ1v) is 11.7. The van der Waals surface area contributed by atoms with Gasteiger partial charge in [0.05, 0.1) is 21.7 Å². The van der Waals surface area contributed by atoms with Crippen LogP contribution in [0.5, 0.6) is 0 Å². The first kappa shape index (κ1) is 19.6. The number of aromatic nitrogens is 1. The van der Waals surface area contributed by atoms with Crippen LogP contribution in [-0.4, -0.2) is 22.1 Å². The molecule has 0 bridgehead atoms. The maximum Gasteiger partial charge on any atom is 0.265 e. The number of thiophene rings is 1. The summed E-state index contributed by atoms with van der Waals surface area (Å²) < 4.78 is 1.81. The van der Waals surface area contributed by atoms with Crippen molar-refractivity contribution in [3.63, 3.8) is 0 Å². The molecule has 0 aliphatic rings. The molecule has 0 aliphatic heterocycles. The number of hydrogen-bond donors (Lipinski definition) is 1. The third-order valence-electron chi connectivity index (χ3n) is 5.05. The lowest BCUT2D eigenvalue weighted by molar-refractivity contribution is 0.0950. The number of carbonyl (C=O) groups is 2. The summed E-state index contributed by atoms with van der Waals surface area (Å²) in [6.07, 6.45) is 0. The zero-order valence-corrected chi connectivity index (χ0v) is 18.1. The minimum atomic E-state index is -0.114. The topological polar surface area (TPSA) is 51.1 Å². The van der Waals surface area contributed by atoms with E-state index in [0.717, 1.165) is 32.4 Å². The number of benzene rings is 3. The van der Waals surface area contributed by atoms with Crippen molar-refractivity contribution in [1.29, 1.82) is 0 Å². The van der Waals surface area contributed by atoms with Gasteiger partial charge in [0.15, 0.2) is 0 Å². The molecule has 1 N–H and O–H groups in total. The molecule has 0 saturated carbocycles. The van der Waals surface area contributed by atoms with E-state index in [1.807, 2.05) is 76.7 Å². The number of para-hydroxylation sites is 2. The highest BCUT2D eigenvalue weighted by atomic mass is 32.2. The molecule has 152 valence electrons. The van der Waals surface area contributed by atoms with Crippen LogP contribution in [0.3, 0.4) is 0 Å². The molecular weight excluding hydrogens is 424 g/mol. The first-order valence-electron chi connectivity index (χ1n) is 9.80. The maximum absolute atomic E-state index is 13.1. The molecule has 2 aromatic heterocycles. The Morgan fingerprint density at radius 1 is 0.806 bits per heavy atom. The van der Waals surface area contributed by atoms with Crippen LogP contribution in [0, 0.1) is 0 Å². The summed E-state index contributed by atoms with van der Waals surface area (Å²) in [6.45, 7) is 0. The van der Waals surface area contributed by atoms with Crippen LogP contribution in [0.1, 0.15) is 14.5 Å². The number of hydrogen-bond acceptors (Lipinski definition) is 4. The Bertz CT molecular complexity index is 1330. The Morgan fingerprint density at radius 3 is 2.06 bits per heavy atom. The molecule has 0 fully saturated rings. The van der Waals surface area contributed by atoms with E-state index in [1.54, 1.807) is 6.07 Å². The number of rotatable bonds is 5. The van der Waals surface area contributed by atoms with Crippen LogP contribution < -0.4 is 5.32 Å². The van der Waals surface area contributed by atoms with Crippen LogP contribution in [0.2, 0.25) is 0 Å². The number of amides is 1. The van der Waals surface area contributed by atoms with E-state index in [9.17, 15) is 9.59 Å². The van der Waals surface area contributed by atoms with Crippen molar-refractivity contribution in [3.05, 3.63) is 95.2 Å². The second kappa shape index (κ2) is 8.41. The first-order chi connectivity index (χ1) is 15.2. The summed E-state index contributed by atoms with van der Waals surface area (Å²) in [7, 11) is 0. The van der Waals surface area contributed by atoms with Crippen LogP contribution in [0.15, 0.2) is 95.2 Å². The summed E-state index contributed by atoms with van der Waals surface area (Å²) in [5.41, 5.74) is 2.60. The number of nitrogens with zero attached hydrogens (tertiary/aromatic N) is 1. The van der Waals surface area contributed by atoms with Crippen LogP contribution in [0.25, 0.3) is 21.8 Å². The molecule has 1 amide bonds. The number of nitrogens with one attached hydrogen (secondary N) is 1. The van der Waals surface area contributed by atoms with Crippen molar-refractivity contribution in [3.8, 4) is 0 Å². The highest BCUT2D eigenvalue weighted by molar-refractivity contribution is 8.00. The number of fused-ring (bicyclic) bond motifs is 3. The van der Waals surface area contributed by atoms with Crippen molar-refractivity contribution in [2.75, 3.05) is 11.1 Å². The summed E-state index contributed by atoms with van der Waals surface area (Å²) in [6, 6.07) is 27.2. The van der Waals surface area contributed by atoms with Gasteiger partial charge in [-0.2, -0.15) is 0 Å². The third kappa shape index (κ3) is 3.87. The predicted molar refractivity (Wildman–Crippen MR) is 130 cm³/mol. The van der Waals surface area contributed by atoms with Gasteiger partial charge >= 0.3 is 0 Å². The van der Waals surface area contributed by atoms with Gasteiger partial charge in [0, 0.05) is 21.4 Å². The fourth-order valence-corrected chi connectivity index (χ4v) is 5.00. The fourth-order valence-electron chi connectivity index (χ4n) is 3.64. The van der Waals surface area contributed by atoms with Gasteiger partial charge in [-0.15, -0.1) is 23.1 Å². The van der Waals surface area contributed by atoms with Gasteiger partial charge in [-0.05, 0) is 47.8 Å². The number of carbonyl (C=O) groups excluding carboxylic acids is 2. The molecule has 0 atom stereocenters. The van der Waals surface area contributed by atoms with Crippen molar-refractivity contribution in [1.82, 2.24) is 4.57 Å². The highest BCUT2D eigenvalue weighted by Gasteiger charge is 2.15. The lowest BCUT2D eigenvalue weighted by Crippen LogP contribution is -2.12. The van der Waals surface area contributed by atoms with E-state index in [-0.39, 0.29) is 11.8 Å². The van der Waals surface area contributed by atoms with Gasteiger partial charge in [0.2, 0.25) is 5.91 Å². The Kier molecular flexibility index (Phi) is 5.32. The molecule has 0 aliphatic carbocycles. The van der Waals surface area contributed by atoms with Crippen molar-refractivity contribution in [2.24, 2.45) is 0 Å². The molecule has 0 saturated heterocycles. The van der Waals surface area contributed by atoms with E-state index in [0.29, 0.717) is 10.6 Å². The van der Waals surface area contributed by atoms with Crippen molar-refractivity contribution < 1.29 is 9.59 Å². The Hall–Kier alpha value is -3.35. The Balaban J connectivity index is 1.31. The molecule has 5 aromatic rings. The summed E-state index contributed by atoms with van der Waals surface area (Å²) >= 11 is 2.90. The molecule has 3 aromatic carbocycles. The molecule has 31 heavy (non-hydrogen) atoms. The van der Waals surface area contributed by atoms with Gasteiger partial charge < -0.3 is 5.32 Å². The average molecular weight is 443 g/mol. The average Bonchev–Trinajstić information content (AvgIpc) is 3.45. The van der Waals surface area contributed by atoms with Gasteiger partial charge in [0.25, 0.3) is 5.91 Å². The second-order valence-electron chi connectivity index (χ2n) is 7.01. The molecule has 6 heteroatoms. The number of thioether (sulfide) groups is 1. The third-order valence-corrected chi connectivity index (χ3v) is 6.91. The largest absolute Gasteiger partial charge is 0.321 e. The predicted octanol–water partition coefficient (Wildman–Crippen LogP) is 6.54. The van der Waals surface area contributed by atoms with Gasteiger partial charge in [-0.25, -0.2) is 0 Å².